The summed E-state index contributed by atoms with van der Waals surface area (Å²) in [6, 6.07) is 2.03. The summed E-state index contributed by atoms with van der Waals surface area (Å²) in [6.45, 7) is 0.781. The van der Waals surface area contributed by atoms with Crippen molar-refractivity contribution in [3.8, 4) is 0 Å². The van der Waals surface area contributed by atoms with Gasteiger partial charge in [0.1, 0.15) is 0 Å². The number of amides is 1. The van der Waals surface area contributed by atoms with Crippen LogP contribution in [0.1, 0.15) is 62.2 Å². The first-order valence-electron chi connectivity index (χ1n) is 9.58. The Bertz CT molecular complexity index is 747. The molecule has 0 radical (unpaired) electrons. The molecule has 3 heterocycles. The zero-order valence-corrected chi connectivity index (χ0v) is 14.7. The lowest BCUT2D eigenvalue weighted by atomic mass is 9.91. The van der Waals surface area contributed by atoms with Crippen molar-refractivity contribution in [2.75, 3.05) is 6.54 Å². The Morgan fingerprint density at radius 1 is 1.24 bits per heavy atom. The van der Waals surface area contributed by atoms with Crippen LogP contribution in [0.25, 0.3) is 5.65 Å². The van der Waals surface area contributed by atoms with E-state index in [1.165, 1.54) is 38.5 Å². The standard InChI is InChI=1S/C19H27N5O/c20-18(14-5-3-1-2-4-6-14)16-12-24-17(23-16)10-13(11-22-24)9-15-7-8-21-19(15)25/h10-12,14-15,18H,1-9,20H2,(H,21,25). The Morgan fingerprint density at radius 2 is 2.04 bits per heavy atom. The monoisotopic (exact) mass is 341 g/mol. The van der Waals surface area contributed by atoms with Crippen molar-refractivity contribution in [2.24, 2.45) is 17.6 Å². The fourth-order valence-electron chi connectivity index (χ4n) is 4.24. The predicted molar refractivity (Wildman–Crippen MR) is 95.9 cm³/mol. The lowest BCUT2D eigenvalue weighted by Gasteiger charge is -2.20. The molecule has 0 aromatic carbocycles. The van der Waals surface area contributed by atoms with E-state index in [1.54, 1.807) is 0 Å². The number of imidazole rings is 1. The van der Waals surface area contributed by atoms with Gasteiger partial charge in [0.05, 0.1) is 24.1 Å². The fourth-order valence-corrected chi connectivity index (χ4v) is 4.24. The summed E-state index contributed by atoms with van der Waals surface area (Å²) < 4.78 is 1.81. The molecule has 6 heteroatoms. The maximum atomic E-state index is 11.8. The molecule has 1 saturated carbocycles. The summed E-state index contributed by atoms with van der Waals surface area (Å²) in [5, 5.41) is 7.37. The summed E-state index contributed by atoms with van der Waals surface area (Å²) in [4.78, 5) is 16.5. The van der Waals surface area contributed by atoms with E-state index in [4.69, 9.17) is 10.7 Å². The molecule has 4 rings (SSSR count). The normalized spacial score (nSPS) is 23.6. The van der Waals surface area contributed by atoms with E-state index in [2.05, 4.69) is 10.4 Å². The molecule has 2 aliphatic rings. The zero-order chi connectivity index (χ0) is 17.2. The van der Waals surface area contributed by atoms with Crippen molar-refractivity contribution in [1.82, 2.24) is 19.9 Å². The number of nitrogens with two attached hydrogens (primary N) is 1. The Morgan fingerprint density at radius 3 is 2.76 bits per heavy atom. The van der Waals surface area contributed by atoms with Crippen LogP contribution in [0.15, 0.2) is 18.5 Å². The number of rotatable bonds is 4. The molecule has 2 aromatic heterocycles. The van der Waals surface area contributed by atoms with Gasteiger partial charge in [0.2, 0.25) is 5.91 Å². The van der Waals surface area contributed by atoms with E-state index >= 15 is 0 Å². The van der Waals surface area contributed by atoms with Gasteiger partial charge >= 0.3 is 0 Å². The van der Waals surface area contributed by atoms with E-state index < -0.39 is 0 Å². The van der Waals surface area contributed by atoms with Crippen molar-refractivity contribution in [3.63, 3.8) is 0 Å². The number of nitrogens with zero attached hydrogens (tertiary/aromatic N) is 3. The lowest BCUT2D eigenvalue weighted by molar-refractivity contribution is -0.122. The van der Waals surface area contributed by atoms with Gasteiger partial charge < -0.3 is 11.1 Å². The van der Waals surface area contributed by atoms with Gasteiger partial charge in [-0.2, -0.15) is 5.10 Å². The molecule has 25 heavy (non-hydrogen) atoms. The van der Waals surface area contributed by atoms with E-state index in [1.807, 2.05) is 23.0 Å². The highest BCUT2D eigenvalue weighted by atomic mass is 16.2. The summed E-state index contributed by atoms with van der Waals surface area (Å²) in [7, 11) is 0. The highest BCUT2D eigenvalue weighted by Crippen LogP contribution is 2.31. The minimum Gasteiger partial charge on any atom is -0.356 e. The molecule has 1 amide bonds. The third-order valence-corrected chi connectivity index (χ3v) is 5.79. The first kappa shape index (κ1) is 16.5. The van der Waals surface area contributed by atoms with Gasteiger partial charge in [-0.3, -0.25) is 4.79 Å². The Labute approximate surface area is 148 Å². The molecule has 134 valence electrons. The van der Waals surface area contributed by atoms with Gasteiger partial charge in [-0.25, -0.2) is 9.50 Å². The number of fused-ring (bicyclic) bond motifs is 1. The highest BCUT2D eigenvalue weighted by Gasteiger charge is 2.25. The summed E-state index contributed by atoms with van der Waals surface area (Å²) in [6.07, 6.45) is 13.0. The molecule has 0 spiro atoms. The third kappa shape index (κ3) is 3.54. The second kappa shape index (κ2) is 7.12. The molecule has 0 bridgehead atoms. The number of hydrogen-bond donors (Lipinski definition) is 2. The molecule has 6 nitrogen and oxygen atoms in total. The molecular weight excluding hydrogens is 314 g/mol. The molecule has 2 unspecified atom stereocenters. The van der Waals surface area contributed by atoms with Crippen LogP contribution in [0.4, 0.5) is 0 Å². The van der Waals surface area contributed by atoms with Crippen LogP contribution in [0, 0.1) is 11.8 Å². The predicted octanol–water partition coefficient (Wildman–Crippen LogP) is 2.38. The van der Waals surface area contributed by atoms with E-state index in [0.29, 0.717) is 5.92 Å². The molecule has 2 aromatic rings. The quantitative estimate of drug-likeness (QED) is 0.836. The topological polar surface area (TPSA) is 85.3 Å². The van der Waals surface area contributed by atoms with Gasteiger partial charge in [0.15, 0.2) is 5.65 Å². The second-order valence-corrected chi connectivity index (χ2v) is 7.59. The SMILES string of the molecule is NC(c1cn2ncc(CC3CCNC3=O)cc2n1)C1CCCCCC1. The molecule has 3 N–H and O–H groups in total. The summed E-state index contributed by atoms with van der Waals surface area (Å²) >= 11 is 0. The number of aromatic nitrogens is 3. The van der Waals surface area contributed by atoms with Crippen LogP contribution < -0.4 is 11.1 Å². The van der Waals surface area contributed by atoms with Gasteiger partial charge in [-0.05, 0) is 43.2 Å². The highest BCUT2D eigenvalue weighted by molar-refractivity contribution is 5.80. The Hall–Kier alpha value is -1.95. The number of carbonyl (C=O) groups excluding carboxylic acids is 1. The summed E-state index contributed by atoms with van der Waals surface area (Å²) in [5.41, 5.74) is 9.37. The molecule has 1 aliphatic carbocycles. The van der Waals surface area contributed by atoms with Gasteiger partial charge in [0.25, 0.3) is 0 Å². The van der Waals surface area contributed by atoms with Gasteiger partial charge in [-0.1, -0.05) is 25.7 Å². The summed E-state index contributed by atoms with van der Waals surface area (Å²) in [5.74, 6) is 0.736. The van der Waals surface area contributed by atoms with Crippen molar-refractivity contribution < 1.29 is 4.79 Å². The molecular formula is C19H27N5O. The zero-order valence-electron chi connectivity index (χ0n) is 14.7. The first-order chi connectivity index (χ1) is 12.2. The van der Waals surface area contributed by atoms with Crippen molar-refractivity contribution >= 4 is 11.6 Å². The van der Waals surface area contributed by atoms with Crippen LogP contribution in [-0.2, 0) is 11.2 Å². The van der Waals surface area contributed by atoms with E-state index in [-0.39, 0.29) is 17.9 Å². The maximum Gasteiger partial charge on any atom is 0.223 e. The Kier molecular flexibility index (Phi) is 4.70. The van der Waals surface area contributed by atoms with Crippen LogP contribution in [0.5, 0.6) is 0 Å². The van der Waals surface area contributed by atoms with Gasteiger partial charge in [-0.15, -0.1) is 0 Å². The van der Waals surface area contributed by atoms with E-state index in [9.17, 15) is 4.79 Å². The average molecular weight is 341 g/mol. The second-order valence-electron chi connectivity index (χ2n) is 7.59. The number of nitrogens with one attached hydrogen (secondary N) is 1. The van der Waals surface area contributed by atoms with Crippen LogP contribution in [-0.4, -0.2) is 27.0 Å². The van der Waals surface area contributed by atoms with Crippen LogP contribution >= 0.6 is 0 Å². The maximum absolute atomic E-state index is 11.8. The van der Waals surface area contributed by atoms with Crippen LogP contribution in [0.2, 0.25) is 0 Å². The van der Waals surface area contributed by atoms with Crippen molar-refractivity contribution in [1.29, 1.82) is 0 Å². The first-order valence-corrected chi connectivity index (χ1v) is 9.58. The molecule has 1 aliphatic heterocycles. The largest absolute Gasteiger partial charge is 0.356 e. The third-order valence-electron chi connectivity index (χ3n) is 5.79. The minimum atomic E-state index is -0.0103. The fraction of sp³-hybridized carbons (Fsp3) is 0.632. The average Bonchev–Trinajstić information content (AvgIpc) is 3.10. The lowest BCUT2D eigenvalue weighted by Crippen LogP contribution is -2.21. The molecule has 2 atom stereocenters. The minimum absolute atomic E-state index is 0.0103. The van der Waals surface area contributed by atoms with Crippen molar-refractivity contribution in [3.05, 3.63) is 29.7 Å². The molecule has 2 fully saturated rings. The van der Waals surface area contributed by atoms with Gasteiger partial charge in [0, 0.05) is 12.5 Å². The van der Waals surface area contributed by atoms with E-state index in [0.717, 1.165) is 36.3 Å². The van der Waals surface area contributed by atoms with Crippen molar-refractivity contribution in [2.45, 2.75) is 57.4 Å². The molecule has 1 saturated heterocycles. The number of carbonyl (C=O) groups is 1. The number of hydrogen-bond acceptors (Lipinski definition) is 4. The Balaban J connectivity index is 1.52. The van der Waals surface area contributed by atoms with Crippen LogP contribution in [0.3, 0.4) is 0 Å². The smallest absolute Gasteiger partial charge is 0.223 e.